The van der Waals surface area contributed by atoms with Gasteiger partial charge in [0.2, 0.25) is 0 Å². The van der Waals surface area contributed by atoms with Crippen LogP contribution in [0.5, 0.6) is 0 Å². The Morgan fingerprint density at radius 2 is 1.67 bits per heavy atom. The normalized spacial score (nSPS) is 14.2. The molecule has 0 heterocycles. The minimum atomic E-state index is -2.28. The molecule has 3 N–H and O–H groups in total. The van der Waals surface area contributed by atoms with Crippen LogP contribution in [-0.4, -0.2) is 45.9 Å². The average Bonchev–Trinajstić information content (AvgIpc) is 2.00. The Kier molecular flexibility index (Phi) is 9.68. The van der Waals surface area contributed by atoms with E-state index < -0.39 is 30.6 Å². The zero-order valence-electron chi connectivity index (χ0n) is 6.43. The molecule has 0 aromatic rings. The largest absolute Gasteiger partial charge is 1.00 e. The van der Waals surface area contributed by atoms with Gasteiger partial charge < -0.3 is 25.2 Å². The second-order valence-corrected chi connectivity index (χ2v) is 1.83. The summed E-state index contributed by atoms with van der Waals surface area (Å²) < 4.78 is 0. The van der Waals surface area contributed by atoms with Crippen molar-refractivity contribution < 1.29 is 98.9 Å². The molecule has 7 heteroatoms. The van der Waals surface area contributed by atoms with Crippen molar-refractivity contribution in [3.63, 3.8) is 0 Å². The standard InChI is InChI=1S/C5H8O6.Cs/c6-1-2(7)3(8)4(9)5(10)11;/h3-4,6,8-9H,1H2,(H,10,11);/q;+1/p-1. The van der Waals surface area contributed by atoms with Crippen molar-refractivity contribution in [2.24, 2.45) is 0 Å². The fourth-order valence-electron chi connectivity index (χ4n) is 0.399. The van der Waals surface area contributed by atoms with Gasteiger partial charge in [-0.15, -0.1) is 0 Å². The second kappa shape index (κ2) is 7.47. The minimum absolute atomic E-state index is 0. The van der Waals surface area contributed by atoms with E-state index in [1.54, 1.807) is 0 Å². The van der Waals surface area contributed by atoms with Gasteiger partial charge in [0.1, 0.15) is 18.8 Å². The number of hydrogen-bond donors (Lipinski definition) is 3. The van der Waals surface area contributed by atoms with Crippen molar-refractivity contribution in [2.45, 2.75) is 12.2 Å². The van der Waals surface area contributed by atoms with Crippen LogP contribution in [0, 0.1) is 0 Å². The first-order valence-electron chi connectivity index (χ1n) is 2.71. The molecule has 6 nitrogen and oxygen atoms in total. The van der Waals surface area contributed by atoms with Crippen LogP contribution in [0.1, 0.15) is 0 Å². The van der Waals surface area contributed by atoms with Crippen LogP contribution in [0.4, 0.5) is 0 Å². The quantitative estimate of drug-likeness (QED) is 0.474. The van der Waals surface area contributed by atoms with Crippen molar-refractivity contribution in [3.8, 4) is 0 Å². The van der Waals surface area contributed by atoms with E-state index in [0.717, 1.165) is 0 Å². The first kappa shape index (κ1) is 15.5. The maximum absolute atomic E-state index is 10.3. The molecule has 0 aromatic carbocycles. The summed E-state index contributed by atoms with van der Waals surface area (Å²) in [4.78, 5) is 20.1. The van der Waals surface area contributed by atoms with E-state index in [2.05, 4.69) is 0 Å². The number of carboxylic acids is 1. The third-order valence-corrected chi connectivity index (χ3v) is 1.03. The van der Waals surface area contributed by atoms with Gasteiger partial charge in [-0.1, -0.05) is 0 Å². The molecule has 64 valence electrons. The van der Waals surface area contributed by atoms with Gasteiger partial charge in [-0.05, 0) is 0 Å². The molecule has 0 bridgehead atoms. The number of aliphatic hydroxyl groups is 3. The first-order chi connectivity index (χ1) is 5.00. The predicted molar refractivity (Wildman–Crippen MR) is 29.1 cm³/mol. The third kappa shape index (κ3) is 4.94. The Hall–Kier alpha value is 1.07. The molecule has 0 aliphatic heterocycles. The van der Waals surface area contributed by atoms with Crippen molar-refractivity contribution >= 4 is 11.8 Å². The Morgan fingerprint density at radius 1 is 1.25 bits per heavy atom. The first-order valence-corrected chi connectivity index (χ1v) is 2.71. The molecular formula is C5H7CsO6. The molecular weight excluding hydrogens is 289 g/mol. The molecule has 0 saturated heterocycles. The Bertz CT molecular complexity index is 169. The van der Waals surface area contributed by atoms with Gasteiger partial charge in [-0.3, -0.25) is 4.79 Å². The van der Waals surface area contributed by atoms with Crippen molar-refractivity contribution in [2.75, 3.05) is 6.61 Å². The van der Waals surface area contributed by atoms with Gasteiger partial charge >= 0.3 is 68.9 Å². The van der Waals surface area contributed by atoms with E-state index in [0.29, 0.717) is 0 Å². The molecule has 0 fully saturated rings. The van der Waals surface area contributed by atoms with Gasteiger partial charge in [0.15, 0.2) is 5.78 Å². The molecule has 0 radical (unpaired) electrons. The summed E-state index contributed by atoms with van der Waals surface area (Å²) in [6.45, 7) is -1.02. The van der Waals surface area contributed by atoms with Gasteiger partial charge in [0.05, 0.1) is 5.97 Å². The molecule has 0 aromatic heterocycles. The van der Waals surface area contributed by atoms with Crippen LogP contribution in [-0.2, 0) is 9.59 Å². The zero-order chi connectivity index (χ0) is 9.02. The molecule has 0 amide bonds. The van der Waals surface area contributed by atoms with E-state index in [1.165, 1.54) is 0 Å². The van der Waals surface area contributed by atoms with Gasteiger partial charge in [-0.25, -0.2) is 0 Å². The maximum atomic E-state index is 10.3. The van der Waals surface area contributed by atoms with E-state index in [4.69, 9.17) is 15.3 Å². The monoisotopic (exact) mass is 296 g/mol. The fourth-order valence-corrected chi connectivity index (χ4v) is 0.399. The summed E-state index contributed by atoms with van der Waals surface area (Å²) >= 11 is 0. The Balaban J connectivity index is 0. The molecule has 0 saturated carbocycles. The van der Waals surface area contributed by atoms with Crippen LogP contribution in [0.2, 0.25) is 0 Å². The molecule has 0 rings (SSSR count). The molecule has 0 aliphatic rings. The van der Waals surface area contributed by atoms with Crippen LogP contribution in [0.25, 0.3) is 0 Å². The third-order valence-electron chi connectivity index (χ3n) is 1.03. The predicted octanol–water partition coefficient (Wildman–Crippen LogP) is -6.98. The van der Waals surface area contributed by atoms with Crippen molar-refractivity contribution in [3.05, 3.63) is 0 Å². The van der Waals surface area contributed by atoms with E-state index in [1.807, 2.05) is 0 Å². The van der Waals surface area contributed by atoms with E-state index in [9.17, 15) is 14.7 Å². The van der Waals surface area contributed by atoms with E-state index >= 15 is 0 Å². The van der Waals surface area contributed by atoms with Gasteiger partial charge in [-0.2, -0.15) is 0 Å². The van der Waals surface area contributed by atoms with Gasteiger partial charge in [0, 0.05) is 0 Å². The number of aliphatic carboxylic acids is 1. The molecule has 12 heavy (non-hydrogen) atoms. The van der Waals surface area contributed by atoms with Crippen LogP contribution in [0.3, 0.4) is 0 Å². The molecule has 2 unspecified atom stereocenters. The smallest absolute Gasteiger partial charge is 0.547 e. The molecule has 0 aliphatic carbocycles. The Morgan fingerprint density at radius 3 is 1.92 bits per heavy atom. The molecule has 0 spiro atoms. The number of hydrogen-bond acceptors (Lipinski definition) is 6. The number of aliphatic hydroxyl groups excluding tert-OH is 3. The molecule has 2 atom stereocenters. The maximum Gasteiger partial charge on any atom is 1.00 e. The van der Waals surface area contributed by atoms with E-state index in [-0.39, 0.29) is 68.9 Å². The van der Waals surface area contributed by atoms with Crippen LogP contribution in [0.15, 0.2) is 0 Å². The minimum Gasteiger partial charge on any atom is -0.547 e. The van der Waals surface area contributed by atoms with Crippen molar-refractivity contribution in [1.82, 2.24) is 0 Å². The number of ketones is 1. The van der Waals surface area contributed by atoms with Crippen LogP contribution < -0.4 is 74.0 Å². The summed E-state index contributed by atoms with van der Waals surface area (Å²) in [6.07, 6.45) is -4.40. The second-order valence-electron chi connectivity index (χ2n) is 1.83. The van der Waals surface area contributed by atoms with Crippen LogP contribution >= 0.6 is 0 Å². The number of rotatable bonds is 4. The number of carbonyl (C=O) groups excluding carboxylic acids is 2. The zero-order valence-corrected chi connectivity index (χ0v) is 12.7. The van der Waals surface area contributed by atoms with Crippen molar-refractivity contribution in [1.29, 1.82) is 0 Å². The fraction of sp³-hybridized carbons (Fsp3) is 0.600. The SMILES string of the molecule is O=C([O-])C(O)C(O)C(=O)CO.[Cs+]. The summed E-state index contributed by atoms with van der Waals surface area (Å²) in [7, 11) is 0. The summed E-state index contributed by atoms with van der Waals surface area (Å²) in [5, 5.41) is 34.9. The number of Topliss-reactive ketones (excluding diaryl/α,β-unsaturated/α-hetero) is 1. The summed E-state index contributed by atoms with van der Waals surface area (Å²) in [5.41, 5.74) is 0. The topological polar surface area (TPSA) is 118 Å². The summed E-state index contributed by atoms with van der Waals surface area (Å²) in [5.74, 6) is -3.12. The average molecular weight is 296 g/mol. The number of carboxylic acid groups (broad SMARTS) is 1. The summed E-state index contributed by atoms with van der Waals surface area (Å²) in [6, 6.07) is 0. The number of carbonyl (C=O) groups is 2. The Labute approximate surface area is 127 Å². The van der Waals surface area contributed by atoms with Gasteiger partial charge in [0.25, 0.3) is 0 Å².